The molecule has 0 spiro atoms. The fraction of sp³-hybridized carbons (Fsp3) is 0.800. The molecular weight excluding hydrogens is 99.0 g/mol. The van der Waals surface area contributed by atoms with Gasteiger partial charge in [0.15, 0.2) is 0 Å². The minimum absolute atomic E-state index is 0. The van der Waals surface area contributed by atoms with Gasteiger partial charge in [-0.1, -0.05) is 13.8 Å². The molecule has 0 fully saturated rings. The van der Waals surface area contributed by atoms with Crippen LogP contribution in [0.15, 0.2) is 0 Å². The molecule has 0 aromatic heterocycles. The number of carbonyl (C=O) groups is 1. The van der Waals surface area contributed by atoms with Crippen molar-refractivity contribution in [3.63, 3.8) is 0 Å². The van der Waals surface area contributed by atoms with Crippen LogP contribution in [0, 0.1) is 5.92 Å². The smallest absolute Gasteiger partial charge is 1.00 e. The second-order valence-corrected chi connectivity index (χ2v) is 1.65. The molecular formula is C5H11LiO2. The van der Waals surface area contributed by atoms with E-state index in [0.717, 1.165) is 6.42 Å². The van der Waals surface area contributed by atoms with Gasteiger partial charge in [-0.25, -0.2) is 0 Å². The van der Waals surface area contributed by atoms with E-state index in [4.69, 9.17) is 5.11 Å². The van der Waals surface area contributed by atoms with Crippen LogP contribution in [0.3, 0.4) is 0 Å². The average Bonchev–Trinajstić information content (AvgIpc) is 1.65. The molecule has 1 atom stereocenters. The first-order chi connectivity index (χ1) is 3.18. The SMILES string of the molecule is CCC(C)C(=O)O.[H-].[Li+]. The summed E-state index contributed by atoms with van der Waals surface area (Å²) in [7, 11) is 0. The van der Waals surface area contributed by atoms with Gasteiger partial charge in [-0.05, 0) is 6.42 Å². The monoisotopic (exact) mass is 110 g/mol. The number of hydrogen-bond acceptors (Lipinski definition) is 1. The summed E-state index contributed by atoms with van der Waals surface area (Å²) in [6.07, 6.45) is 0.718. The van der Waals surface area contributed by atoms with Crippen molar-refractivity contribution >= 4 is 5.97 Å². The average molecular weight is 110 g/mol. The van der Waals surface area contributed by atoms with E-state index in [1.54, 1.807) is 6.92 Å². The van der Waals surface area contributed by atoms with Gasteiger partial charge in [-0.15, -0.1) is 0 Å². The van der Waals surface area contributed by atoms with E-state index in [-0.39, 0.29) is 26.2 Å². The Kier molecular flexibility index (Phi) is 7.13. The Morgan fingerprint density at radius 2 is 2.25 bits per heavy atom. The first-order valence-electron chi connectivity index (χ1n) is 2.41. The minimum Gasteiger partial charge on any atom is -1.00 e. The Hall–Kier alpha value is 0.0674. The van der Waals surface area contributed by atoms with E-state index in [2.05, 4.69) is 0 Å². The number of aliphatic carboxylic acids is 1. The second kappa shape index (κ2) is 5.21. The van der Waals surface area contributed by atoms with Gasteiger partial charge < -0.3 is 6.53 Å². The molecule has 0 radical (unpaired) electrons. The minimum atomic E-state index is -0.706. The maximum absolute atomic E-state index is 9.93. The predicted molar refractivity (Wildman–Crippen MR) is 28.2 cm³/mol. The third-order valence-electron chi connectivity index (χ3n) is 1.03. The molecule has 0 aromatic carbocycles. The molecule has 44 valence electrons. The first-order valence-corrected chi connectivity index (χ1v) is 2.41. The van der Waals surface area contributed by atoms with Crippen LogP contribution in [0.1, 0.15) is 21.7 Å². The summed E-state index contributed by atoms with van der Waals surface area (Å²) >= 11 is 0. The van der Waals surface area contributed by atoms with Crippen molar-refractivity contribution < 1.29 is 30.2 Å². The van der Waals surface area contributed by atoms with Crippen LogP contribution < -0.4 is 18.9 Å². The van der Waals surface area contributed by atoms with Crippen LogP contribution in [-0.4, -0.2) is 11.1 Å². The third-order valence-corrected chi connectivity index (χ3v) is 1.03. The molecule has 0 saturated carbocycles. The number of carboxylic acids is 1. The van der Waals surface area contributed by atoms with Gasteiger partial charge >= 0.3 is 24.8 Å². The van der Waals surface area contributed by atoms with Gasteiger partial charge in [-0.2, -0.15) is 0 Å². The Labute approximate surface area is 62.9 Å². The Balaban J connectivity index is -0.000000180. The Morgan fingerprint density at radius 3 is 2.25 bits per heavy atom. The fourth-order valence-corrected chi connectivity index (χ4v) is 0.175. The molecule has 2 nitrogen and oxygen atoms in total. The van der Waals surface area contributed by atoms with Crippen molar-refractivity contribution in [1.82, 2.24) is 0 Å². The van der Waals surface area contributed by atoms with E-state index in [9.17, 15) is 4.79 Å². The summed E-state index contributed by atoms with van der Waals surface area (Å²) in [4.78, 5) is 9.93. The molecule has 0 bridgehead atoms. The maximum atomic E-state index is 9.93. The van der Waals surface area contributed by atoms with E-state index >= 15 is 0 Å². The molecule has 0 rings (SSSR count). The van der Waals surface area contributed by atoms with Crippen molar-refractivity contribution in [2.45, 2.75) is 20.3 Å². The molecule has 1 unspecified atom stereocenters. The zero-order valence-corrected chi connectivity index (χ0v) is 5.64. The summed E-state index contributed by atoms with van der Waals surface area (Å²) in [5, 5.41) is 8.18. The van der Waals surface area contributed by atoms with Crippen molar-refractivity contribution in [3.8, 4) is 0 Å². The summed E-state index contributed by atoms with van der Waals surface area (Å²) < 4.78 is 0. The van der Waals surface area contributed by atoms with Crippen molar-refractivity contribution in [2.75, 3.05) is 0 Å². The Morgan fingerprint density at radius 1 is 1.88 bits per heavy atom. The molecule has 1 N–H and O–H groups in total. The first kappa shape index (κ1) is 10.9. The van der Waals surface area contributed by atoms with Crippen LogP contribution in [0.25, 0.3) is 0 Å². The van der Waals surface area contributed by atoms with E-state index in [1.807, 2.05) is 6.92 Å². The second-order valence-electron chi connectivity index (χ2n) is 1.65. The summed E-state index contributed by atoms with van der Waals surface area (Å²) in [6.45, 7) is 3.56. The van der Waals surface area contributed by atoms with Crippen molar-refractivity contribution in [1.29, 1.82) is 0 Å². The van der Waals surface area contributed by atoms with E-state index < -0.39 is 5.97 Å². The standard InChI is InChI=1S/C5H10O2.Li.H/c1-3-4(2)5(6)7;;/h4H,3H2,1-2H3,(H,6,7);;/q;+1;-1. The molecule has 0 heterocycles. The molecule has 0 saturated heterocycles. The molecule has 3 heteroatoms. The Bertz CT molecular complexity index is 77.4. The number of rotatable bonds is 2. The van der Waals surface area contributed by atoms with Crippen LogP contribution in [0.5, 0.6) is 0 Å². The largest absolute Gasteiger partial charge is 1.00 e. The van der Waals surface area contributed by atoms with Crippen molar-refractivity contribution in [2.24, 2.45) is 5.92 Å². The fourth-order valence-electron chi connectivity index (χ4n) is 0.175. The molecule has 0 amide bonds. The summed E-state index contributed by atoms with van der Waals surface area (Å²) in [6, 6.07) is 0. The van der Waals surface area contributed by atoms with E-state index in [0.29, 0.717) is 0 Å². The zero-order valence-electron chi connectivity index (χ0n) is 6.64. The molecule has 0 aromatic rings. The molecule has 8 heavy (non-hydrogen) atoms. The maximum Gasteiger partial charge on any atom is 1.00 e. The third kappa shape index (κ3) is 4.23. The molecule has 0 aliphatic carbocycles. The van der Waals surface area contributed by atoms with Gasteiger partial charge in [0.05, 0.1) is 5.92 Å². The number of carboxylic acid groups (broad SMARTS) is 1. The van der Waals surface area contributed by atoms with Crippen LogP contribution in [0.4, 0.5) is 0 Å². The van der Waals surface area contributed by atoms with Gasteiger partial charge in [0.2, 0.25) is 0 Å². The van der Waals surface area contributed by atoms with Gasteiger partial charge in [0.25, 0.3) is 0 Å². The predicted octanol–water partition coefficient (Wildman–Crippen LogP) is -1.77. The van der Waals surface area contributed by atoms with Gasteiger partial charge in [0.1, 0.15) is 0 Å². The van der Waals surface area contributed by atoms with Gasteiger partial charge in [-0.3, -0.25) is 4.79 Å². The summed E-state index contributed by atoms with van der Waals surface area (Å²) in [5.74, 6) is -0.887. The number of hydrogen-bond donors (Lipinski definition) is 1. The van der Waals surface area contributed by atoms with Crippen LogP contribution in [-0.2, 0) is 4.79 Å². The molecule has 0 aliphatic heterocycles. The molecule has 0 aliphatic rings. The topological polar surface area (TPSA) is 37.3 Å². The van der Waals surface area contributed by atoms with Crippen LogP contribution in [0.2, 0.25) is 0 Å². The normalized spacial score (nSPS) is 11.8. The van der Waals surface area contributed by atoms with E-state index in [1.165, 1.54) is 0 Å². The van der Waals surface area contributed by atoms with Gasteiger partial charge in [0, 0.05) is 0 Å². The quantitative estimate of drug-likeness (QED) is 0.427. The van der Waals surface area contributed by atoms with Crippen molar-refractivity contribution in [3.05, 3.63) is 0 Å². The van der Waals surface area contributed by atoms with Crippen LogP contribution >= 0.6 is 0 Å². The summed E-state index contributed by atoms with van der Waals surface area (Å²) in [5.41, 5.74) is 0. The zero-order chi connectivity index (χ0) is 5.86.